The Morgan fingerprint density at radius 1 is 0.846 bits per heavy atom. The van der Waals surface area contributed by atoms with Crippen molar-refractivity contribution in [3.8, 4) is 22.6 Å². The number of phenols is 1. The van der Waals surface area contributed by atoms with E-state index < -0.39 is 0 Å². The fourth-order valence-electron chi connectivity index (χ4n) is 2.92. The lowest BCUT2D eigenvalue weighted by atomic mass is 9.84. The summed E-state index contributed by atoms with van der Waals surface area (Å²) in [6.45, 7) is 13.0. The van der Waals surface area contributed by atoms with Gasteiger partial charge >= 0.3 is 0 Å². The molecular weight excluding hydrogens is 320 g/mol. The molecule has 3 aromatic rings. The van der Waals surface area contributed by atoms with Crippen LogP contribution >= 0.6 is 0 Å². The first kappa shape index (κ1) is 18.2. The van der Waals surface area contributed by atoms with E-state index in [2.05, 4.69) is 47.6 Å². The van der Waals surface area contributed by atoms with Crippen LogP contribution in [-0.2, 0) is 10.8 Å². The van der Waals surface area contributed by atoms with Crippen LogP contribution < -0.4 is 0 Å². The zero-order valence-corrected chi connectivity index (χ0v) is 16.5. The fourth-order valence-corrected chi connectivity index (χ4v) is 2.92. The highest BCUT2D eigenvalue weighted by molar-refractivity contribution is 5.76. The van der Waals surface area contributed by atoms with E-state index in [9.17, 15) is 5.11 Å². The van der Waals surface area contributed by atoms with E-state index in [1.165, 1.54) is 0 Å². The molecule has 0 aliphatic heterocycles. The van der Waals surface area contributed by atoms with E-state index in [4.69, 9.17) is 5.10 Å². The Hall–Kier alpha value is -2.55. The fraction of sp³-hybridized carbons (Fsp3) is 0.348. The summed E-state index contributed by atoms with van der Waals surface area (Å²) in [6, 6.07) is 16.2. The maximum absolute atomic E-state index is 11.0. The molecule has 0 amide bonds. The molecule has 0 aliphatic rings. The number of phenolic OH excluding ortho intramolecular Hbond substituents is 1. The Morgan fingerprint density at radius 2 is 1.50 bits per heavy atom. The van der Waals surface area contributed by atoms with Gasteiger partial charge in [-0.05, 0) is 34.7 Å². The standard InChI is InChI=1S/C23H28N2O/c1-22(2,3)17-14-18(16-10-8-7-9-11-16)21(26)19(15-17)25-13-12-20(24-25)23(4,5)6/h7-15,26H,1-6H3. The summed E-state index contributed by atoms with van der Waals surface area (Å²) >= 11 is 0. The minimum absolute atomic E-state index is 0.0357. The summed E-state index contributed by atoms with van der Waals surface area (Å²) in [5, 5.41) is 15.8. The van der Waals surface area contributed by atoms with Crippen LogP contribution in [0.4, 0.5) is 0 Å². The molecule has 1 N–H and O–H groups in total. The maximum Gasteiger partial charge on any atom is 0.149 e. The molecule has 1 heterocycles. The first-order valence-corrected chi connectivity index (χ1v) is 9.07. The van der Waals surface area contributed by atoms with Crippen molar-refractivity contribution in [2.24, 2.45) is 0 Å². The molecule has 0 spiro atoms. The summed E-state index contributed by atoms with van der Waals surface area (Å²) in [4.78, 5) is 0. The van der Waals surface area contributed by atoms with Crippen LogP contribution in [0.25, 0.3) is 16.8 Å². The van der Waals surface area contributed by atoms with E-state index in [0.29, 0.717) is 5.69 Å². The highest BCUT2D eigenvalue weighted by Gasteiger charge is 2.22. The average Bonchev–Trinajstić information content (AvgIpc) is 3.05. The van der Waals surface area contributed by atoms with Gasteiger partial charge in [0.25, 0.3) is 0 Å². The monoisotopic (exact) mass is 348 g/mol. The Bertz CT molecular complexity index is 910. The van der Waals surface area contributed by atoms with E-state index in [-0.39, 0.29) is 16.6 Å². The summed E-state index contributed by atoms with van der Waals surface area (Å²) in [7, 11) is 0. The Labute approximate surface area is 156 Å². The minimum Gasteiger partial charge on any atom is -0.505 e. The minimum atomic E-state index is -0.0369. The SMILES string of the molecule is CC(C)(C)c1cc(-c2ccccc2)c(O)c(-n2ccc(C(C)(C)C)n2)c1. The van der Waals surface area contributed by atoms with Crippen LogP contribution in [0.2, 0.25) is 0 Å². The van der Waals surface area contributed by atoms with Gasteiger partial charge in [-0.1, -0.05) is 71.9 Å². The van der Waals surface area contributed by atoms with Crippen molar-refractivity contribution in [1.82, 2.24) is 9.78 Å². The van der Waals surface area contributed by atoms with Gasteiger partial charge in [0, 0.05) is 17.2 Å². The molecule has 26 heavy (non-hydrogen) atoms. The van der Waals surface area contributed by atoms with Crippen LogP contribution in [0, 0.1) is 0 Å². The van der Waals surface area contributed by atoms with E-state index >= 15 is 0 Å². The van der Waals surface area contributed by atoms with E-state index in [0.717, 1.165) is 22.4 Å². The molecule has 0 bridgehead atoms. The lowest BCUT2D eigenvalue weighted by Crippen LogP contribution is -2.14. The van der Waals surface area contributed by atoms with Crippen LogP contribution in [0.15, 0.2) is 54.7 Å². The number of nitrogens with zero attached hydrogens (tertiary/aromatic N) is 2. The quantitative estimate of drug-likeness (QED) is 0.632. The van der Waals surface area contributed by atoms with Crippen molar-refractivity contribution < 1.29 is 5.11 Å². The van der Waals surface area contributed by atoms with Gasteiger partial charge in [0.2, 0.25) is 0 Å². The molecule has 0 radical (unpaired) electrons. The third-order valence-corrected chi connectivity index (χ3v) is 4.64. The smallest absolute Gasteiger partial charge is 0.149 e. The van der Waals surface area contributed by atoms with Gasteiger partial charge in [-0.3, -0.25) is 0 Å². The Kier molecular flexibility index (Phi) is 4.43. The zero-order valence-electron chi connectivity index (χ0n) is 16.5. The predicted octanol–water partition coefficient (Wildman–Crippen LogP) is 5.84. The number of rotatable bonds is 2. The summed E-state index contributed by atoms with van der Waals surface area (Å²) in [6.07, 6.45) is 1.93. The van der Waals surface area contributed by atoms with Crippen molar-refractivity contribution in [2.45, 2.75) is 52.4 Å². The Morgan fingerprint density at radius 3 is 2.04 bits per heavy atom. The van der Waals surface area contributed by atoms with E-state index in [1.807, 2.05) is 48.7 Å². The molecule has 3 rings (SSSR count). The second kappa shape index (κ2) is 6.31. The van der Waals surface area contributed by atoms with Crippen molar-refractivity contribution in [3.63, 3.8) is 0 Å². The molecule has 0 saturated heterocycles. The van der Waals surface area contributed by atoms with Gasteiger partial charge in [-0.2, -0.15) is 5.10 Å². The molecule has 3 heteroatoms. The van der Waals surface area contributed by atoms with Crippen LogP contribution in [-0.4, -0.2) is 14.9 Å². The van der Waals surface area contributed by atoms with Gasteiger partial charge in [-0.15, -0.1) is 0 Å². The number of aromatic hydroxyl groups is 1. The molecule has 1 aromatic heterocycles. The molecule has 3 nitrogen and oxygen atoms in total. The Balaban J connectivity index is 2.23. The number of aromatic nitrogens is 2. The molecule has 0 saturated carbocycles. The van der Waals surface area contributed by atoms with Gasteiger partial charge in [0.05, 0.1) is 5.69 Å². The average molecular weight is 348 g/mol. The first-order chi connectivity index (χ1) is 12.1. The van der Waals surface area contributed by atoms with Crippen LogP contribution in [0.1, 0.15) is 52.8 Å². The first-order valence-electron chi connectivity index (χ1n) is 9.07. The van der Waals surface area contributed by atoms with E-state index in [1.54, 1.807) is 4.68 Å². The molecule has 0 unspecified atom stereocenters. The molecule has 2 aromatic carbocycles. The van der Waals surface area contributed by atoms with Crippen molar-refractivity contribution in [1.29, 1.82) is 0 Å². The predicted molar refractivity (Wildman–Crippen MR) is 108 cm³/mol. The summed E-state index contributed by atoms with van der Waals surface area (Å²) in [5.41, 5.74) is 4.64. The van der Waals surface area contributed by atoms with Gasteiger partial charge < -0.3 is 5.11 Å². The third-order valence-electron chi connectivity index (χ3n) is 4.64. The van der Waals surface area contributed by atoms with Crippen molar-refractivity contribution in [2.75, 3.05) is 0 Å². The second-order valence-corrected chi connectivity index (χ2v) is 8.90. The van der Waals surface area contributed by atoms with Gasteiger partial charge in [0.1, 0.15) is 11.4 Å². The maximum atomic E-state index is 11.0. The summed E-state index contributed by atoms with van der Waals surface area (Å²) in [5.74, 6) is 0.257. The number of benzene rings is 2. The topological polar surface area (TPSA) is 38.0 Å². The molecule has 0 aliphatic carbocycles. The number of hydrogen-bond donors (Lipinski definition) is 1. The highest BCUT2D eigenvalue weighted by atomic mass is 16.3. The van der Waals surface area contributed by atoms with Crippen LogP contribution in [0.5, 0.6) is 5.75 Å². The normalized spacial score (nSPS) is 12.4. The van der Waals surface area contributed by atoms with Crippen molar-refractivity contribution in [3.05, 3.63) is 66.0 Å². The molecular formula is C23H28N2O. The molecule has 0 atom stereocenters. The van der Waals surface area contributed by atoms with Crippen molar-refractivity contribution >= 4 is 0 Å². The second-order valence-electron chi connectivity index (χ2n) is 8.90. The highest BCUT2D eigenvalue weighted by Crippen LogP contribution is 2.39. The molecule has 0 fully saturated rings. The van der Waals surface area contributed by atoms with Gasteiger partial charge in [0.15, 0.2) is 0 Å². The lowest BCUT2D eigenvalue weighted by molar-refractivity contribution is 0.470. The largest absolute Gasteiger partial charge is 0.505 e. The van der Waals surface area contributed by atoms with Gasteiger partial charge in [-0.25, -0.2) is 4.68 Å². The summed E-state index contributed by atoms with van der Waals surface area (Å²) < 4.78 is 1.79. The molecule has 136 valence electrons. The number of hydrogen-bond acceptors (Lipinski definition) is 2. The lowest BCUT2D eigenvalue weighted by Gasteiger charge is -2.23. The third kappa shape index (κ3) is 3.52. The van der Waals surface area contributed by atoms with Crippen LogP contribution in [0.3, 0.4) is 0 Å². The zero-order chi connectivity index (χ0) is 19.1.